The third kappa shape index (κ3) is 3.23. The summed E-state index contributed by atoms with van der Waals surface area (Å²) in [6, 6.07) is 17.5. The van der Waals surface area contributed by atoms with Gasteiger partial charge in [-0.2, -0.15) is 0 Å². The number of likely N-dealkylation sites (N-methyl/N-ethyl adjacent to an activating group) is 1. The molecule has 2 heteroatoms. The van der Waals surface area contributed by atoms with E-state index in [1.807, 2.05) is 0 Å². The quantitative estimate of drug-likeness (QED) is 0.685. The van der Waals surface area contributed by atoms with Crippen molar-refractivity contribution in [2.24, 2.45) is 7.05 Å². The average Bonchev–Trinajstić information content (AvgIpc) is 2.85. The summed E-state index contributed by atoms with van der Waals surface area (Å²) in [7, 11) is 4.33. The van der Waals surface area contributed by atoms with Crippen LogP contribution in [0.2, 0.25) is 0 Å². The molecule has 0 bridgehead atoms. The number of aromatic nitrogens is 1. The van der Waals surface area contributed by atoms with Crippen LogP contribution in [0, 0.1) is 6.92 Å². The standard InChI is InChI=1S/C20H24N2/c1-16-8-10-17(11-9-16)14-21(2)13-12-18-15-22(3)20-7-5-4-6-19(18)20/h4-11,15H,12-14H2,1-3H3. The van der Waals surface area contributed by atoms with E-state index in [0.29, 0.717) is 0 Å². The normalized spacial score (nSPS) is 11.5. The van der Waals surface area contributed by atoms with Crippen molar-refractivity contribution in [3.8, 4) is 0 Å². The van der Waals surface area contributed by atoms with E-state index in [4.69, 9.17) is 0 Å². The number of nitrogens with zero attached hydrogens (tertiary/aromatic N) is 2. The predicted molar refractivity (Wildman–Crippen MR) is 94.1 cm³/mol. The summed E-state index contributed by atoms with van der Waals surface area (Å²) in [5.41, 5.74) is 5.46. The molecule has 0 aliphatic heterocycles. The zero-order valence-corrected chi connectivity index (χ0v) is 13.7. The van der Waals surface area contributed by atoms with Gasteiger partial charge in [-0.05, 0) is 37.6 Å². The van der Waals surface area contributed by atoms with Crippen molar-refractivity contribution in [3.05, 3.63) is 71.4 Å². The number of rotatable bonds is 5. The molecule has 1 heterocycles. The van der Waals surface area contributed by atoms with Gasteiger partial charge in [0.1, 0.15) is 0 Å². The van der Waals surface area contributed by atoms with Gasteiger partial charge in [-0.25, -0.2) is 0 Å². The molecule has 1 aromatic heterocycles. The van der Waals surface area contributed by atoms with Crippen LogP contribution in [0.25, 0.3) is 10.9 Å². The number of para-hydroxylation sites is 1. The summed E-state index contributed by atoms with van der Waals surface area (Å²) in [5.74, 6) is 0. The zero-order chi connectivity index (χ0) is 15.5. The molecule has 0 saturated heterocycles. The monoisotopic (exact) mass is 292 g/mol. The van der Waals surface area contributed by atoms with Gasteiger partial charge in [0, 0.05) is 37.2 Å². The van der Waals surface area contributed by atoms with Crippen LogP contribution < -0.4 is 0 Å². The van der Waals surface area contributed by atoms with Crippen LogP contribution >= 0.6 is 0 Å². The number of hydrogen-bond donors (Lipinski definition) is 0. The van der Waals surface area contributed by atoms with Gasteiger partial charge in [-0.3, -0.25) is 0 Å². The smallest absolute Gasteiger partial charge is 0.0480 e. The maximum Gasteiger partial charge on any atom is 0.0480 e. The first kappa shape index (κ1) is 14.9. The second-order valence-electron chi connectivity index (χ2n) is 6.26. The fourth-order valence-electron chi connectivity index (χ4n) is 3.02. The Kier molecular flexibility index (Phi) is 4.30. The number of aryl methyl sites for hydroxylation is 2. The van der Waals surface area contributed by atoms with Crippen LogP contribution in [0.3, 0.4) is 0 Å². The minimum Gasteiger partial charge on any atom is -0.350 e. The molecule has 0 unspecified atom stereocenters. The zero-order valence-electron chi connectivity index (χ0n) is 13.7. The first-order valence-electron chi connectivity index (χ1n) is 7.90. The Hall–Kier alpha value is -2.06. The predicted octanol–water partition coefficient (Wildman–Crippen LogP) is 4.16. The van der Waals surface area contributed by atoms with Crippen molar-refractivity contribution >= 4 is 10.9 Å². The lowest BCUT2D eigenvalue weighted by Crippen LogP contribution is -2.20. The third-order valence-electron chi connectivity index (χ3n) is 4.32. The second-order valence-corrected chi connectivity index (χ2v) is 6.26. The fourth-order valence-corrected chi connectivity index (χ4v) is 3.02. The van der Waals surface area contributed by atoms with Gasteiger partial charge in [0.05, 0.1) is 0 Å². The minimum absolute atomic E-state index is 1.01. The Morgan fingerprint density at radius 1 is 1.00 bits per heavy atom. The van der Waals surface area contributed by atoms with Gasteiger partial charge in [0.25, 0.3) is 0 Å². The molecule has 22 heavy (non-hydrogen) atoms. The maximum absolute atomic E-state index is 2.40. The highest BCUT2D eigenvalue weighted by atomic mass is 15.1. The summed E-state index contributed by atoms with van der Waals surface area (Å²) in [6.07, 6.45) is 3.36. The molecular weight excluding hydrogens is 268 g/mol. The molecule has 0 saturated carbocycles. The van der Waals surface area contributed by atoms with Crippen LogP contribution in [-0.2, 0) is 20.0 Å². The van der Waals surface area contributed by atoms with Crippen LogP contribution in [0.1, 0.15) is 16.7 Å². The van der Waals surface area contributed by atoms with E-state index >= 15 is 0 Å². The lowest BCUT2D eigenvalue weighted by Gasteiger charge is -2.16. The van der Waals surface area contributed by atoms with Gasteiger partial charge >= 0.3 is 0 Å². The van der Waals surface area contributed by atoms with Crippen molar-refractivity contribution in [2.75, 3.05) is 13.6 Å². The molecular formula is C20H24N2. The summed E-state index contributed by atoms with van der Waals surface area (Å²) < 4.78 is 2.23. The van der Waals surface area contributed by atoms with E-state index in [9.17, 15) is 0 Å². The van der Waals surface area contributed by atoms with Crippen LogP contribution in [0.5, 0.6) is 0 Å². The number of benzene rings is 2. The lowest BCUT2D eigenvalue weighted by atomic mass is 10.1. The van der Waals surface area contributed by atoms with E-state index < -0.39 is 0 Å². The molecule has 2 aromatic carbocycles. The minimum atomic E-state index is 1.01. The first-order valence-corrected chi connectivity index (χ1v) is 7.90. The van der Waals surface area contributed by atoms with Crippen molar-refractivity contribution in [1.82, 2.24) is 9.47 Å². The Labute approximate surface area is 133 Å². The van der Waals surface area contributed by atoms with E-state index in [1.54, 1.807) is 0 Å². The van der Waals surface area contributed by atoms with Crippen molar-refractivity contribution < 1.29 is 0 Å². The molecule has 2 nitrogen and oxygen atoms in total. The third-order valence-corrected chi connectivity index (χ3v) is 4.32. The Morgan fingerprint density at radius 3 is 2.50 bits per heavy atom. The molecule has 3 aromatic rings. The van der Waals surface area contributed by atoms with E-state index in [1.165, 1.54) is 27.6 Å². The lowest BCUT2D eigenvalue weighted by molar-refractivity contribution is 0.331. The molecule has 114 valence electrons. The molecule has 0 spiro atoms. The molecule has 0 amide bonds. The van der Waals surface area contributed by atoms with Gasteiger partial charge in [-0.1, -0.05) is 48.0 Å². The fraction of sp³-hybridized carbons (Fsp3) is 0.300. The first-order chi connectivity index (χ1) is 10.6. The van der Waals surface area contributed by atoms with Gasteiger partial charge in [0.2, 0.25) is 0 Å². The number of hydrogen-bond acceptors (Lipinski definition) is 1. The summed E-state index contributed by atoms with van der Waals surface area (Å²) in [4.78, 5) is 2.40. The SMILES string of the molecule is Cc1ccc(CN(C)CCc2cn(C)c3ccccc23)cc1. The molecule has 0 fully saturated rings. The van der Waals surface area contributed by atoms with Crippen LogP contribution in [-0.4, -0.2) is 23.1 Å². The van der Waals surface area contributed by atoms with E-state index in [-0.39, 0.29) is 0 Å². The Morgan fingerprint density at radius 2 is 1.73 bits per heavy atom. The Balaban J connectivity index is 1.65. The topological polar surface area (TPSA) is 8.17 Å². The van der Waals surface area contributed by atoms with Gasteiger partial charge in [-0.15, -0.1) is 0 Å². The van der Waals surface area contributed by atoms with Crippen molar-refractivity contribution in [1.29, 1.82) is 0 Å². The molecule has 3 rings (SSSR count). The van der Waals surface area contributed by atoms with Crippen LogP contribution in [0.15, 0.2) is 54.7 Å². The highest BCUT2D eigenvalue weighted by Crippen LogP contribution is 2.21. The van der Waals surface area contributed by atoms with Gasteiger partial charge < -0.3 is 9.47 Å². The summed E-state index contributed by atoms with van der Waals surface area (Å²) >= 11 is 0. The molecule has 0 aliphatic carbocycles. The molecule has 0 aliphatic rings. The van der Waals surface area contributed by atoms with E-state index in [0.717, 1.165) is 19.5 Å². The van der Waals surface area contributed by atoms with Crippen molar-refractivity contribution in [2.45, 2.75) is 19.9 Å². The van der Waals surface area contributed by atoms with Crippen LogP contribution in [0.4, 0.5) is 0 Å². The van der Waals surface area contributed by atoms with Gasteiger partial charge in [0.15, 0.2) is 0 Å². The largest absolute Gasteiger partial charge is 0.350 e. The average molecular weight is 292 g/mol. The molecule has 0 atom stereocenters. The highest BCUT2D eigenvalue weighted by Gasteiger charge is 2.07. The number of fused-ring (bicyclic) bond motifs is 1. The highest BCUT2D eigenvalue weighted by molar-refractivity contribution is 5.83. The van der Waals surface area contributed by atoms with E-state index in [2.05, 4.69) is 85.2 Å². The van der Waals surface area contributed by atoms with Crippen molar-refractivity contribution in [3.63, 3.8) is 0 Å². The Bertz CT molecular complexity index is 753. The second kappa shape index (κ2) is 6.37. The molecule has 0 N–H and O–H groups in total. The summed E-state index contributed by atoms with van der Waals surface area (Å²) in [6.45, 7) is 4.21. The maximum atomic E-state index is 2.40. The summed E-state index contributed by atoms with van der Waals surface area (Å²) in [5, 5.41) is 1.38. The molecule has 0 radical (unpaired) electrons.